The molecule has 7 fully saturated rings. The first-order valence-corrected chi connectivity index (χ1v) is 15.9. The van der Waals surface area contributed by atoms with E-state index in [1.807, 2.05) is 20.8 Å². The molecule has 3 bridgehead atoms. The van der Waals surface area contributed by atoms with Gasteiger partial charge in [0.05, 0.1) is 12.2 Å². The Kier molecular flexibility index (Phi) is 6.34. The Hall–Kier alpha value is -1.40. The summed E-state index contributed by atoms with van der Waals surface area (Å²) in [7, 11) is 0. The second-order valence-corrected chi connectivity index (χ2v) is 14.6. The molecule has 234 valence electrons. The monoisotopic (exact) mass is 590 g/mol. The van der Waals surface area contributed by atoms with Gasteiger partial charge < -0.3 is 39.0 Å². The molecule has 10 heteroatoms. The lowest BCUT2D eigenvalue weighted by Gasteiger charge is -2.62. The Balaban J connectivity index is 1.55. The van der Waals surface area contributed by atoms with Crippen molar-refractivity contribution in [3.63, 3.8) is 0 Å². The van der Waals surface area contributed by atoms with Crippen molar-refractivity contribution in [3.8, 4) is 0 Å². The molecule has 0 aromatic rings. The zero-order chi connectivity index (χ0) is 30.2. The van der Waals surface area contributed by atoms with Crippen LogP contribution in [0.15, 0.2) is 12.2 Å². The highest BCUT2D eigenvalue weighted by molar-refractivity contribution is 5.93. The molecule has 4 aliphatic heterocycles. The molecule has 10 nitrogen and oxygen atoms in total. The van der Waals surface area contributed by atoms with Crippen molar-refractivity contribution in [2.45, 2.75) is 132 Å². The lowest BCUT2D eigenvalue weighted by molar-refractivity contribution is -0.437. The summed E-state index contributed by atoms with van der Waals surface area (Å²) < 4.78 is 33.4. The van der Waals surface area contributed by atoms with Gasteiger partial charge in [0, 0.05) is 37.0 Å². The summed E-state index contributed by atoms with van der Waals surface area (Å²) in [4.78, 5) is 27.0. The van der Waals surface area contributed by atoms with Gasteiger partial charge in [0.2, 0.25) is 0 Å². The maximum absolute atomic E-state index is 14.3. The number of aliphatic hydroxyl groups is 3. The van der Waals surface area contributed by atoms with Crippen LogP contribution in [0, 0.1) is 35.5 Å². The molecule has 4 saturated heterocycles. The zero-order valence-electron chi connectivity index (χ0n) is 25.3. The Morgan fingerprint density at radius 1 is 1.05 bits per heavy atom. The van der Waals surface area contributed by atoms with Crippen molar-refractivity contribution >= 4 is 11.8 Å². The average molecular weight is 591 g/mol. The lowest BCUT2D eigenvalue weighted by Crippen LogP contribution is -2.77. The first-order valence-electron chi connectivity index (χ1n) is 15.9. The van der Waals surface area contributed by atoms with Gasteiger partial charge in [-0.15, -0.1) is 0 Å². The lowest BCUT2D eigenvalue weighted by atomic mass is 9.50. The maximum atomic E-state index is 14.3. The number of esters is 1. The van der Waals surface area contributed by atoms with Gasteiger partial charge in [-0.25, -0.2) is 0 Å². The summed E-state index contributed by atoms with van der Waals surface area (Å²) in [6.45, 7) is 12.8. The van der Waals surface area contributed by atoms with Crippen molar-refractivity contribution in [1.82, 2.24) is 0 Å². The summed E-state index contributed by atoms with van der Waals surface area (Å²) in [5.74, 6) is -5.62. The molecule has 0 unspecified atom stereocenters. The molecule has 42 heavy (non-hydrogen) atoms. The number of ketones is 1. The van der Waals surface area contributed by atoms with Gasteiger partial charge >= 0.3 is 5.97 Å². The van der Waals surface area contributed by atoms with Gasteiger partial charge in [-0.3, -0.25) is 9.59 Å². The molecule has 4 heterocycles. The van der Waals surface area contributed by atoms with E-state index in [-0.39, 0.29) is 11.8 Å². The van der Waals surface area contributed by atoms with E-state index in [0.29, 0.717) is 12.0 Å². The Bertz CT molecular complexity index is 1210. The van der Waals surface area contributed by atoms with E-state index >= 15 is 0 Å². The van der Waals surface area contributed by atoms with Crippen molar-refractivity contribution < 1.29 is 48.6 Å². The second kappa shape index (κ2) is 9.08. The summed E-state index contributed by atoms with van der Waals surface area (Å²) in [5, 5.41) is 35.6. The number of ether oxygens (including phenoxy) is 5. The van der Waals surface area contributed by atoms with Gasteiger partial charge in [0.25, 0.3) is 5.97 Å². The van der Waals surface area contributed by atoms with E-state index < -0.39 is 94.8 Å². The third-order valence-corrected chi connectivity index (χ3v) is 12.5. The standard InChI is InChI=1S/C32H46O10/c1-15(2)31-24(38-19(6)34)18(5)32-21-25-28(14-33,39-25)27(36)30(37)22(32)20(17(4)23(30)35)16(3)12-10-8-7-9-11-13-29(41-31,42-32)40-26(21)31/h16-18,20-22,24-27,33,36-37H,1,7-14H2,2-6H3/t16-,17-,18+,20-,21-,22+,24+,25-,26+,27+,28-,29+,30+,31-,32+/m0/s1. The normalized spacial score (nSPS) is 57.8. The van der Waals surface area contributed by atoms with Crippen molar-refractivity contribution in [2.75, 3.05) is 6.61 Å². The van der Waals surface area contributed by atoms with Crippen LogP contribution in [-0.4, -0.2) is 86.5 Å². The number of fused-ring (bicyclic) bond motifs is 1. The number of hydrogen-bond donors (Lipinski definition) is 3. The molecule has 15 atom stereocenters. The summed E-state index contributed by atoms with van der Waals surface area (Å²) in [5.41, 5.74) is -5.92. The highest BCUT2D eigenvalue weighted by Gasteiger charge is 2.91. The second-order valence-electron chi connectivity index (χ2n) is 14.6. The number of Topliss-reactive ketones (excluding diaryl/α,β-unsaturated/α-hetero) is 1. The van der Waals surface area contributed by atoms with Crippen molar-refractivity contribution in [2.24, 2.45) is 35.5 Å². The maximum Gasteiger partial charge on any atom is 0.303 e. The molecule has 0 aromatic heterocycles. The fourth-order valence-electron chi connectivity index (χ4n) is 10.8. The van der Waals surface area contributed by atoms with Crippen LogP contribution in [0.4, 0.5) is 0 Å². The highest BCUT2D eigenvalue weighted by atomic mass is 16.9. The number of rotatable bonds is 3. The smallest absolute Gasteiger partial charge is 0.303 e. The van der Waals surface area contributed by atoms with E-state index in [0.717, 1.165) is 38.5 Å². The van der Waals surface area contributed by atoms with Crippen molar-refractivity contribution in [1.29, 1.82) is 0 Å². The average Bonchev–Trinajstić information content (AvgIpc) is 3.57. The first kappa shape index (κ1) is 29.3. The Morgan fingerprint density at radius 3 is 2.40 bits per heavy atom. The van der Waals surface area contributed by atoms with Crippen LogP contribution in [0.2, 0.25) is 0 Å². The molecule has 3 aliphatic carbocycles. The molecule has 3 saturated carbocycles. The number of carbonyl (C=O) groups excluding carboxylic acids is 2. The van der Waals surface area contributed by atoms with Gasteiger partial charge in [-0.1, -0.05) is 59.5 Å². The molecule has 0 amide bonds. The first-order chi connectivity index (χ1) is 19.8. The van der Waals surface area contributed by atoms with E-state index in [1.165, 1.54) is 6.92 Å². The van der Waals surface area contributed by atoms with Crippen LogP contribution >= 0.6 is 0 Å². The number of carbonyl (C=O) groups is 2. The van der Waals surface area contributed by atoms with Crippen LogP contribution in [0.25, 0.3) is 0 Å². The van der Waals surface area contributed by atoms with E-state index in [4.69, 9.17) is 23.7 Å². The van der Waals surface area contributed by atoms with Crippen LogP contribution < -0.4 is 0 Å². The molecule has 0 radical (unpaired) electrons. The van der Waals surface area contributed by atoms with Crippen LogP contribution in [-0.2, 0) is 33.3 Å². The van der Waals surface area contributed by atoms with E-state index in [2.05, 4.69) is 13.5 Å². The third-order valence-electron chi connectivity index (χ3n) is 12.5. The zero-order valence-corrected chi connectivity index (χ0v) is 25.3. The van der Waals surface area contributed by atoms with Crippen LogP contribution in [0.5, 0.6) is 0 Å². The Morgan fingerprint density at radius 2 is 1.74 bits per heavy atom. The van der Waals surface area contributed by atoms with Gasteiger partial charge in [-0.05, 0) is 30.8 Å². The number of epoxide rings is 1. The molecule has 0 aromatic carbocycles. The van der Waals surface area contributed by atoms with Gasteiger partial charge in [0.1, 0.15) is 30.0 Å². The molecular weight excluding hydrogens is 544 g/mol. The summed E-state index contributed by atoms with van der Waals surface area (Å²) in [6, 6.07) is 0. The predicted molar refractivity (Wildman–Crippen MR) is 147 cm³/mol. The third kappa shape index (κ3) is 3.20. The molecule has 7 rings (SSSR count). The number of hydrogen-bond acceptors (Lipinski definition) is 10. The minimum atomic E-state index is -2.28. The minimum absolute atomic E-state index is 0.0135. The molecular formula is C32H46O10. The number of aliphatic hydroxyl groups excluding tert-OH is 2. The molecule has 2 spiro atoms. The fraction of sp³-hybridized carbons (Fsp3) is 0.875. The largest absolute Gasteiger partial charge is 0.459 e. The SMILES string of the molecule is C=C(C)[C@@]12O[C@@]34CCCCCCC[C@H](C)[C@H]5[C@H](C)C(=O)[C@@]6(O)[C@H](O)[C@@]7(CO)O[C@H]7[C@@H]([C@H]1O3)[C@](O4)([C@H](C)[C@H]2OC(C)=O)[C@H]56. The van der Waals surface area contributed by atoms with Gasteiger partial charge in [0.15, 0.2) is 17.0 Å². The summed E-state index contributed by atoms with van der Waals surface area (Å²) >= 11 is 0. The van der Waals surface area contributed by atoms with Gasteiger partial charge in [-0.2, -0.15) is 0 Å². The highest BCUT2D eigenvalue weighted by Crippen LogP contribution is 2.75. The molecule has 3 N–H and O–H groups in total. The van der Waals surface area contributed by atoms with E-state index in [1.54, 1.807) is 0 Å². The van der Waals surface area contributed by atoms with E-state index in [9.17, 15) is 24.9 Å². The van der Waals surface area contributed by atoms with Crippen molar-refractivity contribution in [3.05, 3.63) is 12.2 Å². The fourth-order valence-corrected chi connectivity index (χ4v) is 10.8. The quantitative estimate of drug-likeness (QED) is 0.255. The minimum Gasteiger partial charge on any atom is -0.459 e. The topological polar surface area (TPSA) is 144 Å². The van der Waals surface area contributed by atoms with Crippen LogP contribution in [0.3, 0.4) is 0 Å². The summed E-state index contributed by atoms with van der Waals surface area (Å²) in [6.07, 6.45) is 1.87. The van der Waals surface area contributed by atoms with Crippen LogP contribution in [0.1, 0.15) is 79.6 Å². The predicted octanol–water partition coefficient (Wildman–Crippen LogP) is 2.40. The Labute approximate surface area is 247 Å². The molecule has 7 aliphatic rings.